The van der Waals surface area contributed by atoms with E-state index in [4.69, 9.17) is 11.6 Å². The van der Waals surface area contributed by atoms with Crippen LogP contribution in [0, 0.1) is 13.8 Å². The van der Waals surface area contributed by atoms with Crippen LogP contribution in [0.2, 0.25) is 5.02 Å². The molecule has 0 aliphatic rings. The third kappa shape index (κ3) is 3.76. The van der Waals surface area contributed by atoms with Crippen LogP contribution in [0.3, 0.4) is 0 Å². The molecule has 0 bridgehead atoms. The summed E-state index contributed by atoms with van der Waals surface area (Å²) in [5, 5.41) is 4.88. The molecule has 0 fully saturated rings. The molecule has 2 rings (SSSR count). The molecular formula is C16H22ClN3O2S. The van der Waals surface area contributed by atoms with Crippen LogP contribution in [0.25, 0.3) is 0 Å². The zero-order valence-corrected chi connectivity index (χ0v) is 15.4. The highest BCUT2D eigenvalue weighted by molar-refractivity contribution is 7.89. The number of rotatable bonds is 6. The van der Waals surface area contributed by atoms with Gasteiger partial charge in [0.15, 0.2) is 0 Å². The maximum absolute atomic E-state index is 12.6. The van der Waals surface area contributed by atoms with Crippen LogP contribution in [-0.2, 0) is 23.0 Å². The second kappa shape index (κ2) is 7.03. The average molecular weight is 356 g/mol. The predicted octanol–water partition coefficient (Wildman–Crippen LogP) is 3.04. The molecule has 0 spiro atoms. The molecule has 7 heteroatoms. The minimum absolute atomic E-state index is 0.213. The van der Waals surface area contributed by atoms with Crippen molar-refractivity contribution in [2.24, 2.45) is 0 Å². The molecule has 0 radical (unpaired) electrons. The Bertz CT molecular complexity index is 800. The van der Waals surface area contributed by atoms with E-state index < -0.39 is 10.0 Å². The lowest BCUT2D eigenvalue weighted by atomic mass is 10.1. The van der Waals surface area contributed by atoms with Crippen LogP contribution in [-0.4, -0.2) is 36.1 Å². The van der Waals surface area contributed by atoms with Crippen molar-refractivity contribution in [3.63, 3.8) is 0 Å². The highest BCUT2D eigenvalue weighted by Crippen LogP contribution is 2.20. The van der Waals surface area contributed by atoms with Crippen molar-refractivity contribution >= 4 is 21.6 Å². The van der Waals surface area contributed by atoms with Crippen LogP contribution in [0.1, 0.15) is 23.9 Å². The van der Waals surface area contributed by atoms with E-state index in [1.165, 1.54) is 10.4 Å². The SMILES string of the molecule is CCn1nc(C)c(CCN(C)S(=O)(=O)c2cccc(Cl)c2)c1C. The fourth-order valence-electron chi connectivity index (χ4n) is 2.60. The summed E-state index contributed by atoms with van der Waals surface area (Å²) < 4.78 is 28.5. The maximum Gasteiger partial charge on any atom is 0.242 e. The van der Waals surface area contributed by atoms with Gasteiger partial charge in [-0.15, -0.1) is 0 Å². The predicted molar refractivity (Wildman–Crippen MR) is 92.3 cm³/mol. The number of likely N-dealkylation sites (N-methyl/N-ethyl adjacent to an activating group) is 1. The highest BCUT2D eigenvalue weighted by atomic mass is 35.5. The number of aromatic nitrogens is 2. The summed E-state index contributed by atoms with van der Waals surface area (Å²) in [5.74, 6) is 0. The van der Waals surface area contributed by atoms with E-state index in [1.807, 2.05) is 25.5 Å². The van der Waals surface area contributed by atoms with Gasteiger partial charge in [0, 0.05) is 30.9 Å². The summed E-state index contributed by atoms with van der Waals surface area (Å²) in [7, 11) is -1.95. The van der Waals surface area contributed by atoms with Gasteiger partial charge in [0.25, 0.3) is 0 Å². The molecule has 0 aliphatic heterocycles. The van der Waals surface area contributed by atoms with Crippen LogP contribution in [0.15, 0.2) is 29.2 Å². The van der Waals surface area contributed by atoms with Crippen LogP contribution >= 0.6 is 11.6 Å². The Kier molecular flexibility index (Phi) is 5.49. The number of hydrogen-bond donors (Lipinski definition) is 0. The Labute approximate surface area is 142 Å². The first-order valence-corrected chi connectivity index (χ1v) is 9.34. The fourth-order valence-corrected chi connectivity index (χ4v) is 4.07. The third-order valence-electron chi connectivity index (χ3n) is 4.01. The summed E-state index contributed by atoms with van der Waals surface area (Å²) in [6.45, 7) is 7.22. The lowest BCUT2D eigenvalue weighted by Crippen LogP contribution is -2.29. The summed E-state index contributed by atoms with van der Waals surface area (Å²) in [6, 6.07) is 6.33. The molecule has 0 saturated carbocycles. The van der Waals surface area contributed by atoms with Gasteiger partial charge in [-0.1, -0.05) is 17.7 Å². The molecule has 2 aromatic rings. The standard InChI is InChI=1S/C16H22ClN3O2S/c1-5-20-13(3)16(12(2)18-20)9-10-19(4)23(21,22)15-8-6-7-14(17)11-15/h6-8,11H,5,9-10H2,1-4H3. The van der Waals surface area contributed by atoms with Crippen LogP contribution in [0.5, 0.6) is 0 Å². The van der Waals surface area contributed by atoms with E-state index in [-0.39, 0.29) is 4.90 Å². The lowest BCUT2D eigenvalue weighted by Gasteiger charge is -2.17. The smallest absolute Gasteiger partial charge is 0.242 e. The second-order valence-corrected chi connectivity index (χ2v) is 7.98. The molecule has 1 aromatic heterocycles. The molecule has 0 aliphatic carbocycles. The molecule has 0 amide bonds. The van der Waals surface area contributed by atoms with Gasteiger partial charge in [0.05, 0.1) is 10.6 Å². The topological polar surface area (TPSA) is 55.2 Å². The molecule has 23 heavy (non-hydrogen) atoms. The number of hydrogen-bond acceptors (Lipinski definition) is 3. The van der Waals surface area contributed by atoms with Gasteiger partial charge in [-0.2, -0.15) is 5.10 Å². The average Bonchev–Trinajstić information content (AvgIpc) is 2.79. The van der Waals surface area contributed by atoms with E-state index >= 15 is 0 Å². The van der Waals surface area contributed by atoms with Crippen molar-refractivity contribution in [2.45, 2.75) is 38.6 Å². The van der Waals surface area contributed by atoms with Crippen molar-refractivity contribution in [1.82, 2.24) is 14.1 Å². The van der Waals surface area contributed by atoms with Gasteiger partial charge in [-0.25, -0.2) is 12.7 Å². The van der Waals surface area contributed by atoms with Crippen molar-refractivity contribution in [3.8, 4) is 0 Å². The van der Waals surface area contributed by atoms with Crippen molar-refractivity contribution in [1.29, 1.82) is 0 Å². The van der Waals surface area contributed by atoms with Gasteiger partial charge in [0.1, 0.15) is 0 Å². The van der Waals surface area contributed by atoms with Crippen molar-refractivity contribution in [3.05, 3.63) is 46.2 Å². The Morgan fingerprint density at radius 2 is 2.00 bits per heavy atom. The highest BCUT2D eigenvalue weighted by Gasteiger charge is 2.21. The minimum Gasteiger partial charge on any atom is -0.270 e. The quantitative estimate of drug-likeness (QED) is 0.800. The summed E-state index contributed by atoms with van der Waals surface area (Å²) >= 11 is 5.89. The number of nitrogens with zero attached hydrogens (tertiary/aromatic N) is 3. The molecule has 0 unspecified atom stereocenters. The second-order valence-electron chi connectivity index (χ2n) is 5.50. The normalized spacial score (nSPS) is 12.1. The van der Waals surface area contributed by atoms with Crippen molar-refractivity contribution < 1.29 is 8.42 Å². The number of benzene rings is 1. The minimum atomic E-state index is -3.53. The first-order chi connectivity index (χ1) is 10.8. The molecule has 1 heterocycles. The molecule has 0 saturated heterocycles. The van der Waals surface area contributed by atoms with Crippen LogP contribution in [0.4, 0.5) is 0 Å². The first-order valence-electron chi connectivity index (χ1n) is 7.52. The van der Waals surface area contributed by atoms with E-state index in [9.17, 15) is 8.42 Å². The van der Waals surface area contributed by atoms with Gasteiger partial charge >= 0.3 is 0 Å². The Balaban J connectivity index is 2.16. The third-order valence-corrected chi connectivity index (χ3v) is 6.10. The van der Waals surface area contributed by atoms with Gasteiger partial charge in [0.2, 0.25) is 10.0 Å². The molecule has 0 N–H and O–H groups in total. The van der Waals surface area contributed by atoms with E-state index in [0.29, 0.717) is 18.0 Å². The molecule has 126 valence electrons. The van der Waals surface area contributed by atoms with Gasteiger partial charge in [-0.3, -0.25) is 4.68 Å². The summed E-state index contributed by atoms with van der Waals surface area (Å²) in [5.41, 5.74) is 3.16. The largest absolute Gasteiger partial charge is 0.270 e. The lowest BCUT2D eigenvalue weighted by molar-refractivity contribution is 0.472. The van der Waals surface area contributed by atoms with Crippen molar-refractivity contribution in [2.75, 3.05) is 13.6 Å². The van der Waals surface area contributed by atoms with Gasteiger partial charge in [-0.05, 0) is 51.0 Å². The number of aryl methyl sites for hydroxylation is 2. The summed E-state index contributed by atoms with van der Waals surface area (Å²) in [4.78, 5) is 0.213. The monoisotopic (exact) mass is 355 g/mol. The molecular weight excluding hydrogens is 334 g/mol. The summed E-state index contributed by atoms with van der Waals surface area (Å²) in [6.07, 6.45) is 0.633. The number of sulfonamides is 1. The molecule has 0 atom stereocenters. The fraction of sp³-hybridized carbons (Fsp3) is 0.438. The Hall–Kier alpha value is -1.37. The Morgan fingerprint density at radius 1 is 1.30 bits per heavy atom. The first kappa shape index (κ1) is 18.0. The van der Waals surface area contributed by atoms with E-state index in [0.717, 1.165) is 23.5 Å². The molecule has 1 aromatic carbocycles. The van der Waals surface area contributed by atoms with E-state index in [1.54, 1.807) is 25.2 Å². The maximum atomic E-state index is 12.6. The van der Waals surface area contributed by atoms with Crippen LogP contribution < -0.4 is 0 Å². The zero-order valence-electron chi connectivity index (χ0n) is 13.9. The zero-order chi connectivity index (χ0) is 17.2. The molecule has 5 nitrogen and oxygen atoms in total. The number of halogens is 1. The van der Waals surface area contributed by atoms with E-state index in [2.05, 4.69) is 5.10 Å². The van der Waals surface area contributed by atoms with Gasteiger partial charge < -0.3 is 0 Å². The Morgan fingerprint density at radius 3 is 2.57 bits per heavy atom.